The maximum atomic E-state index is 14.9. The molecule has 0 radical (unpaired) electrons. The third-order valence-electron chi connectivity index (χ3n) is 7.40. The third kappa shape index (κ3) is 12.7. The van der Waals surface area contributed by atoms with E-state index in [1.54, 1.807) is 35.6 Å². The summed E-state index contributed by atoms with van der Waals surface area (Å²) in [7, 11) is 0. The van der Waals surface area contributed by atoms with Gasteiger partial charge < -0.3 is 30.2 Å². The van der Waals surface area contributed by atoms with Gasteiger partial charge in [-0.25, -0.2) is 9.18 Å². The number of anilines is 1. The van der Waals surface area contributed by atoms with Crippen LogP contribution < -0.4 is 20.7 Å². The van der Waals surface area contributed by atoms with E-state index in [9.17, 15) is 40.3 Å². The van der Waals surface area contributed by atoms with Crippen molar-refractivity contribution in [1.82, 2.24) is 15.6 Å². The SMILES string of the molecule is O=C(CC(c1ccc(Cl)cc1)c1cccc(OC(F)(F)F)c1)Nc1cncc(F)c1CCCC1CNC(COC(=O)NCC(F)(F)F)CO1. The number of carbonyl (C=O) groups excluding carboxylic acids is 2. The quantitative estimate of drug-likeness (QED) is 0.165. The standard InChI is InChI=1S/C32H32ClF7N4O5/c33-21-9-7-19(8-10-21)26(20-3-1-4-23(11-20)49-32(38,39)40)12-29(45)44-28-15-41-14-27(34)25(28)6-2-5-24-13-42-22(16-47-24)17-48-30(46)43-18-31(35,36)37/h1,3-4,7-11,14-15,22,24,26,42H,2,5-6,12-13,16-18H2,(H,43,46)(H,44,45). The first-order chi connectivity index (χ1) is 23.1. The van der Waals surface area contributed by atoms with Gasteiger partial charge in [-0.05, 0) is 54.7 Å². The summed E-state index contributed by atoms with van der Waals surface area (Å²) in [4.78, 5) is 28.6. The van der Waals surface area contributed by atoms with Crippen LogP contribution in [0.5, 0.6) is 5.75 Å². The molecule has 1 fully saturated rings. The van der Waals surface area contributed by atoms with Gasteiger partial charge in [0.2, 0.25) is 5.91 Å². The van der Waals surface area contributed by atoms with Crippen LogP contribution in [0.25, 0.3) is 0 Å². The lowest BCUT2D eigenvalue weighted by atomic mass is 9.88. The number of alkyl carbamates (subject to hydrolysis) is 1. The Morgan fingerprint density at radius 3 is 2.49 bits per heavy atom. The van der Waals surface area contributed by atoms with Gasteiger partial charge in [-0.15, -0.1) is 13.2 Å². The average molecular weight is 721 g/mol. The number of benzene rings is 2. The van der Waals surface area contributed by atoms with Gasteiger partial charge in [0.1, 0.15) is 24.7 Å². The van der Waals surface area contributed by atoms with E-state index in [0.29, 0.717) is 35.5 Å². The molecule has 4 rings (SSSR count). The molecule has 2 amide bonds. The Bertz CT molecular complexity index is 1550. The van der Waals surface area contributed by atoms with E-state index in [-0.39, 0.29) is 43.4 Å². The number of carbonyl (C=O) groups is 2. The summed E-state index contributed by atoms with van der Waals surface area (Å²) in [6.45, 7) is -1.23. The lowest BCUT2D eigenvalue weighted by molar-refractivity contribution is -0.274. The fraction of sp³-hybridized carbons (Fsp3) is 0.406. The summed E-state index contributed by atoms with van der Waals surface area (Å²) >= 11 is 6.02. The molecule has 3 aromatic rings. The van der Waals surface area contributed by atoms with Crippen molar-refractivity contribution < 1.29 is 54.5 Å². The number of amides is 2. The summed E-state index contributed by atoms with van der Waals surface area (Å²) < 4.78 is 105. The normalized spacial score (nSPS) is 17.2. The molecule has 17 heteroatoms. The second kappa shape index (κ2) is 17.0. The fourth-order valence-electron chi connectivity index (χ4n) is 5.13. The summed E-state index contributed by atoms with van der Waals surface area (Å²) in [5.74, 6) is -2.35. The molecule has 49 heavy (non-hydrogen) atoms. The predicted octanol–water partition coefficient (Wildman–Crippen LogP) is 6.90. The number of halogens is 8. The first-order valence-corrected chi connectivity index (χ1v) is 15.4. The smallest absolute Gasteiger partial charge is 0.448 e. The molecule has 266 valence electrons. The van der Waals surface area contributed by atoms with Crippen molar-refractivity contribution in [2.24, 2.45) is 0 Å². The van der Waals surface area contributed by atoms with Crippen LogP contribution in [0.2, 0.25) is 5.02 Å². The van der Waals surface area contributed by atoms with Gasteiger partial charge in [-0.1, -0.05) is 35.9 Å². The van der Waals surface area contributed by atoms with E-state index in [2.05, 4.69) is 20.4 Å². The highest BCUT2D eigenvalue weighted by Gasteiger charge is 2.32. The second-order valence-corrected chi connectivity index (χ2v) is 11.6. The Morgan fingerprint density at radius 1 is 1.06 bits per heavy atom. The van der Waals surface area contributed by atoms with Gasteiger partial charge in [-0.3, -0.25) is 9.78 Å². The third-order valence-corrected chi connectivity index (χ3v) is 7.66. The van der Waals surface area contributed by atoms with Crippen molar-refractivity contribution in [3.63, 3.8) is 0 Å². The minimum Gasteiger partial charge on any atom is -0.448 e. The largest absolute Gasteiger partial charge is 0.573 e. The van der Waals surface area contributed by atoms with Crippen LogP contribution >= 0.6 is 11.6 Å². The number of ether oxygens (including phenoxy) is 3. The Morgan fingerprint density at radius 2 is 1.82 bits per heavy atom. The van der Waals surface area contributed by atoms with Crippen LogP contribution in [0.4, 0.5) is 41.2 Å². The van der Waals surface area contributed by atoms with Crippen LogP contribution in [0, 0.1) is 5.82 Å². The number of hydrogen-bond donors (Lipinski definition) is 3. The number of nitrogens with one attached hydrogen (secondary N) is 3. The van der Waals surface area contributed by atoms with Crippen LogP contribution in [0.3, 0.4) is 0 Å². The van der Waals surface area contributed by atoms with Crippen molar-refractivity contribution in [2.75, 3.05) is 31.6 Å². The summed E-state index contributed by atoms with van der Waals surface area (Å²) in [6, 6.07) is 11.4. The van der Waals surface area contributed by atoms with Crippen molar-refractivity contribution in [2.45, 2.75) is 56.3 Å². The molecule has 0 bridgehead atoms. The second-order valence-electron chi connectivity index (χ2n) is 11.1. The van der Waals surface area contributed by atoms with Crippen LogP contribution in [-0.2, 0) is 20.7 Å². The first kappa shape index (κ1) is 37.7. The van der Waals surface area contributed by atoms with E-state index in [0.717, 1.165) is 12.3 Å². The Labute approximate surface area is 281 Å². The summed E-state index contributed by atoms with van der Waals surface area (Å²) in [5.41, 5.74) is 1.31. The van der Waals surface area contributed by atoms with Crippen LogP contribution in [0.1, 0.15) is 41.9 Å². The molecule has 0 saturated carbocycles. The predicted molar refractivity (Wildman–Crippen MR) is 164 cm³/mol. The van der Waals surface area contributed by atoms with Crippen molar-refractivity contribution in [3.05, 3.63) is 88.5 Å². The molecule has 3 N–H and O–H groups in total. The molecule has 1 aromatic heterocycles. The zero-order chi connectivity index (χ0) is 35.6. The number of alkyl halides is 6. The minimum atomic E-state index is -4.91. The van der Waals surface area contributed by atoms with Crippen LogP contribution in [0.15, 0.2) is 60.9 Å². The summed E-state index contributed by atoms with van der Waals surface area (Å²) in [6.07, 6.45) is -7.72. The maximum Gasteiger partial charge on any atom is 0.573 e. The number of pyridine rings is 1. The topological polar surface area (TPSA) is 111 Å². The minimum absolute atomic E-state index is 0.127. The fourth-order valence-corrected chi connectivity index (χ4v) is 5.25. The molecule has 0 spiro atoms. The van der Waals surface area contributed by atoms with E-state index in [1.807, 2.05) is 0 Å². The molecule has 9 nitrogen and oxygen atoms in total. The number of rotatable bonds is 13. The molecule has 0 aliphatic carbocycles. The molecule has 1 aliphatic rings. The van der Waals surface area contributed by atoms with E-state index >= 15 is 0 Å². The monoisotopic (exact) mass is 720 g/mol. The Balaban J connectivity index is 1.33. The maximum absolute atomic E-state index is 14.9. The van der Waals surface area contributed by atoms with Gasteiger partial charge in [0.05, 0.1) is 36.8 Å². The zero-order valence-corrected chi connectivity index (χ0v) is 26.4. The van der Waals surface area contributed by atoms with Gasteiger partial charge in [0.25, 0.3) is 0 Å². The lowest BCUT2D eigenvalue weighted by Gasteiger charge is -2.30. The number of nitrogens with zero attached hydrogens (tertiary/aromatic N) is 1. The van der Waals surface area contributed by atoms with Crippen molar-refractivity contribution in [1.29, 1.82) is 0 Å². The van der Waals surface area contributed by atoms with Gasteiger partial charge in [-0.2, -0.15) is 13.2 Å². The first-order valence-electron chi connectivity index (χ1n) is 15.0. The number of morpholine rings is 1. The van der Waals surface area contributed by atoms with E-state index in [4.69, 9.17) is 21.1 Å². The Hall–Kier alpha value is -4.15. The molecule has 2 heterocycles. The molecule has 1 saturated heterocycles. The van der Waals surface area contributed by atoms with Gasteiger partial charge in [0, 0.05) is 29.5 Å². The lowest BCUT2D eigenvalue weighted by Crippen LogP contribution is -2.49. The highest BCUT2D eigenvalue weighted by atomic mass is 35.5. The van der Waals surface area contributed by atoms with E-state index < -0.39 is 54.6 Å². The molecule has 2 aromatic carbocycles. The molecule has 1 aliphatic heterocycles. The highest BCUT2D eigenvalue weighted by Crippen LogP contribution is 2.33. The van der Waals surface area contributed by atoms with Gasteiger partial charge >= 0.3 is 18.6 Å². The summed E-state index contributed by atoms with van der Waals surface area (Å²) in [5, 5.41) is 7.82. The molecule has 3 atom stereocenters. The van der Waals surface area contributed by atoms with Crippen molar-refractivity contribution >= 4 is 29.3 Å². The Kier molecular flexibility index (Phi) is 13.1. The molecular weight excluding hydrogens is 689 g/mol. The zero-order valence-electron chi connectivity index (χ0n) is 25.7. The highest BCUT2D eigenvalue weighted by molar-refractivity contribution is 6.30. The van der Waals surface area contributed by atoms with Crippen LogP contribution in [-0.4, -0.2) is 68.0 Å². The molecule has 3 unspecified atom stereocenters. The van der Waals surface area contributed by atoms with Gasteiger partial charge in [0.15, 0.2) is 0 Å². The number of aromatic nitrogens is 1. The molecular formula is C32H32ClF7N4O5. The van der Waals surface area contributed by atoms with Crippen molar-refractivity contribution in [3.8, 4) is 5.75 Å². The average Bonchev–Trinajstić information content (AvgIpc) is 3.03. The number of hydrogen-bond acceptors (Lipinski definition) is 7. The van der Waals surface area contributed by atoms with E-state index in [1.165, 1.54) is 18.3 Å².